The first-order chi connectivity index (χ1) is 14.7. The van der Waals surface area contributed by atoms with E-state index < -0.39 is 17.7 Å². The number of Topliss-reactive ketones (excluding diaryl/α,β-unsaturated/α-hetero) is 2. The van der Waals surface area contributed by atoms with Gasteiger partial charge in [0.2, 0.25) is 5.91 Å². The first kappa shape index (κ1) is 23.0. The maximum Gasteiger partial charge on any atom is 0.220 e. The van der Waals surface area contributed by atoms with E-state index in [1.54, 1.807) is 26.0 Å². The zero-order chi connectivity index (χ0) is 22.7. The number of nitrogens with zero attached hydrogens (tertiary/aromatic N) is 1. The van der Waals surface area contributed by atoms with Gasteiger partial charge in [0.05, 0.1) is 11.6 Å². The third kappa shape index (κ3) is 4.99. The molecule has 1 aromatic carbocycles. The predicted molar refractivity (Wildman–Crippen MR) is 114 cm³/mol. The van der Waals surface area contributed by atoms with Crippen LogP contribution in [0.2, 0.25) is 5.02 Å². The average molecular weight is 447 g/mol. The monoisotopic (exact) mass is 446 g/mol. The summed E-state index contributed by atoms with van der Waals surface area (Å²) in [5, 5.41) is 2.88. The molecular weight excluding hydrogens is 423 g/mol. The number of nitrogens with one attached hydrogen (secondary N) is 1. The molecule has 2 atom stereocenters. The third-order valence-electron chi connectivity index (χ3n) is 5.48. The summed E-state index contributed by atoms with van der Waals surface area (Å²) in [5.74, 6) is -2.83. The zero-order valence-corrected chi connectivity index (χ0v) is 18.4. The van der Waals surface area contributed by atoms with Gasteiger partial charge in [0.15, 0.2) is 11.6 Å². The van der Waals surface area contributed by atoms with Crippen LogP contribution in [0.1, 0.15) is 35.4 Å². The van der Waals surface area contributed by atoms with E-state index in [0.29, 0.717) is 35.4 Å². The van der Waals surface area contributed by atoms with Crippen molar-refractivity contribution in [3.8, 4) is 11.3 Å². The largest absolute Gasteiger partial charge is 0.383 e. The number of hydrogen-bond acceptors (Lipinski definition) is 5. The highest BCUT2D eigenvalue weighted by atomic mass is 35.5. The molecule has 1 fully saturated rings. The Balaban J connectivity index is 1.84. The Bertz CT molecular complexity index is 1020. The molecule has 31 heavy (non-hydrogen) atoms. The first-order valence-corrected chi connectivity index (χ1v) is 10.3. The molecule has 1 amide bonds. The molecule has 0 radical (unpaired) electrons. The molecule has 1 N–H and O–H groups in total. The predicted octanol–water partition coefficient (Wildman–Crippen LogP) is 3.55. The van der Waals surface area contributed by atoms with Crippen LogP contribution >= 0.6 is 11.6 Å². The highest BCUT2D eigenvalue weighted by molar-refractivity contribution is 6.30. The second-order valence-electron chi connectivity index (χ2n) is 7.76. The number of rotatable bonds is 7. The van der Waals surface area contributed by atoms with Crippen LogP contribution in [-0.4, -0.2) is 42.7 Å². The fourth-order valence-corrected chi connectivity index (χ4v) is 4.26. The van der Waals surface area contributed by atoms with Crippen molar-refractivity contribution in [2.45, 2.75) is 32.6 Å². The van der Waals surface area contributed by atoms with Crippen LogP contribution in [0.5, 0.6) is 0 Å². The molecule has 1 heterocycles. The number of aryl methyl sites for hydroxylation is 2. The van der Waals surface area contributed by atoms with E-state index >= 15 is 0 Å². The molecule has 2 unspecified atom stereocenters. The maximum atomic E-state index is 14.3. The van der Waals surface area contributed by atoms with Crippen molar-refractivity contribution in [2.75, 3.05) is 20.3 Å². The van der Waals surface area contributed by atoms with Crippen molar-refractivity contribution >= 4 is 29.1 Å². The molecule has 1 aromatic heterocycles. The van der Waals surface area contributed by atoms with Crippen molar-refractivity contribution in [2.24, 2.45) is 5.92 Å². The number of ketones is 2. The number of ether oxygens (including phenoxy) is 1. The molecule has 1 saturated carbocycles. The summed E-state index contributed by atoms with van der Waals surface area (Å²) >= 11 is 5.78. The molecule has 1 aliphatic rings. The van der Waals surface area contributed by atoms with E-state index in [4.69, 9.17) is 16.3 Å². The Morgan fingerprint density at radius 2 is 1.94 bits per heavy atom. The fourth-order valence-electron chi connectivity index (χ4n) is 4.11. The number of methoxy groups -OCH3 is 1. The van der Waals surface area contributed by atoms with Crippen LogP contribution in [0, 0.1) is 25.6 Å². The second-order valence-corrected chi connectivity index (χ2v) is 8.19. The van der Waals surface area contributed by atoms with E-state index in [1.807, 2.05) is 0 Å². The van der Waals surface area contributed by atoms with Gasteiger partial charge in [-0.1, -0.05) is 11.6 Å². The number of pyridine rings is 1. The number of carbonyl (C=O) groups excluding carboxylic acids is 3. The molecule has 164 valence electrons. The summed E-state index contributed by atoms with van der Waals surface area (Å²) in [5.41, 5.74) is 2.71. The van der Waals surface area contributed by atoms with Gasteiger partial charge in [-0.3, -0.25) is 19.4 Å². The summed E-state index contributed by atoms with van der Waals surface area (Å²) in [6, 6.07) is 4.62. The van der Waals surface area contributed by atoms with Crippen LogP contribution in [0.15, 0.2) is 24.4 Å². The van der Waals surface area contributed by atoms with Gasteiger partial charge >= 0.3 is 0 Å². The zero-order valence-electron chi connectivity index (χ0n) is 17.6. The van der Waals surface area contributed by atoms with Gasteiger partial charge in [-0.15, -0.1) is 0 Å². The van der Waals surface area contributed by atoms with Crippen molar-refractivity contribution in [1.82, 2.24) is 10.3 Å². The molecule has 0 aliphatic heterocycles. The molecule has 6 nitrogen and oxygen atoms in total. The van der Waals surface area contributed by atoms with Crippen molar-refractivity contribution in [3.63, 3.8) is 0 Å². The summed E-state index contributed by atoms with van der Waals surface area (Å²) in [6.45, 7) is 4.29. The standard InChI is InChI=1S/C23H24ClFN2O4/c1-12-6-14(22-17(25)10-16(24)11-27-22)7-13(2)20(12)21-18(28)8-15(23(21)30)9-19(29)26-4-5-31-3/h6-7,10-11,15,21H,4-5,8-9H2,1-3H3,(H,26,29). The minimum atomic E-state index is -0.908. The average Bonchev–Trinajstić information content (AvgIpc) is 2.95. The summed E-state index contributed by atoms with van der Waals surface area (Å²) < 4.78 is 19.2. The Hall–Kier alpha value is -2.64. The lowest BCUT2D eigenvalue weighted by Crippen LogP contribution is -2.30. The molecule has 0 bridgehead atoms. The number of aromatic nitrogens is 1. The molecule has 2 aromatic rings. The molecular formula is C23H24ClFN2O4. The highest BCUT2D eigenvalue weighted by Gasteiger charge is 2.43. The van der Waals surface area contributed by atoms with Gasteiger partial charge in [-0.05, 0) is 48.7 Å². The van der Waals surface area contributed by atoms with Crippen molar-refractivity contribution in [3.05, 3.63) is 51.9 Å². The van der Waals surface area contributed by atoms with E-state index in [0.717, 1.165) is 0 Å². The Labute approximate surface area is 185 Å². The van der Waals surface area contributed by atoms with Gasteiger partial charge in [0, 0.05) is 44.2 Å². The van der Waals surface area contributed by atoms with E-state index in [2.05, 4.69) is 10.3 Å². The van der Waals surface area contributed by atoms with Gasteiger partial charge < -0.3 is 10.1 Å². The van der Waals surface area contributed by atoms with Crippen LogP contribution in [0.25, 0.3) is 11.3 Å². The van der Waals surface area contributed by atoms with Gasteiger partial charge in [-0.25, -0.2) is 4.39 Å². The van der Waals surface area contributed by atoms with E-state index in [9.17, 15) is 18.8 Å². The molecule has 0 spiro atoms. The smallest absolute Gasteiger partial charge is 0.220 e. The van der Waals surface area contributed by atoms with E-state index in [-0.39, 0.29) is 41.0 Å². The number of halogens is 2. The van der Waals surface area contributed by atoms with Gasteiger partial charge in [0.25, 0.3) is 0 Å². The number of carbonyl (C=O) groups is 3. The lowest BCUT2D eigenvalue weighted by Gasteiger charge is -2.17. The van der Waals surface area contributed by atoms with Crippen molar-refractivity contribution < 1.29 is 23.5 Å². The second kappa shape index (κ2) is 9.66. The summed E-state index contributed by atoms with van der Waals surface area (Å²) in [6.07, 6.45) is 1.38. The Morgan fingerprint density at radius 1 is 1.26 bits per heavy atom. The SMILES string of the molecule is COCCNC(=O)CC1CC(=O)C(c2c(C)cc(-c3ncc(Cl)cc3F)cc2C)C1=O. The van der Waals surface area contributed by atoms with E-state index in [1.165, 1.54) is 19.4 Å². The topological polar surface area (TPSA) is 85.4 Å². The number of hydrogen-bond donors (Lipinski definition) is 1. The summed E-state index contributed by atoms with van der Waals surface area (Å²) in [7, 11) is 1.53. The van der Waals surface area contributed by atoms with Crippen LogP contribution in [0.3, 0.4) is 0 Å². The lowest BCUT2D eigenvalue weighted by atomic mass is 9.85. The minimum Gasteiger partial charge on any atom is -0.383 e. The molecule has 1 aliphatic carbocycles. The third-order valence-corrected chi connectivity index (χ3v) is 5.69. The van der Waals surface area contributed by atoms with Crippen LogP contribution < -0.4 is 5.32 Å². The first-order valence-electron chi connectivity index (χ1n) is 9.97. The fraction of sp³-hybridized carbons (Fsp3) is 0.391. The Morgan fingerprint density at radius 3 is 2.55 bits per heavy atom. The number of amides is 1. The number of benzene rings is 1. The lowest BCUT2D eigenvalue weighted by molar-refractivity contribution is -0.128. The van der Waals surface area contributed by atoms with Crippen molar-refractivity contribution in [1.29, 1.82) is 0 Å². The molecule has 3 rings (SSSR count). The molecule has 8 heteroatoms. The molecule has 0 saturated heterocycles. The van der Waals surface area contributed by atoms with Gasteiger partial charge in [0.1, 0.15) is 17.4 Å². The van der Waals surface area contributed by atoms with Gasteiger partial charge in [-0.2, -0.15) is 0 Å². The Kier molecular flexibility index (Phi) is 7.18. The van der Waals surface area contributed by atoms with Crippen LogP contribution in [-0.2, 0) is 19.1 Å². The van der Waals surface area contributed by atoms with Crippen LogP contribution in [0.4, 0.5) is 4.39 Å². The summed E-state index contributed by atoms with van der Waals surface area (Å²) in [4.78, 5) is 41.9. The maximum absolute atomic E-state index is 14.3. The minimum absolute atomic E-state index is 0.0269. The quantitative estimate of drug-likeness (QED) is 0.519. The normalized spacial score (nSPS) is 18.5. The highest BCUT2D eigenvalue weighted by Crippen LogP contribution is 2.38.